The molecule has 0 saturated carbocycles. The summed E-state index contributed by atoms with van der Waals surface area (Å²) in [5.74, 6) is 0. The molecule has 3 atom stereocenters. The number of ether oxygens (including phenoxy) is 1. The van der Waals surface area contributed by atoms with Gasteiger partial charge in [-0.2, -0.15) is 0 Å². The van der Waals surface area contributed by atoms with Gasteiger partial charge in [0.15, 0.2) is 0 Å². The van der Waals surface area contributed by atoms with E-state index in [9.17, 15) is 4.79 Å². The fourth-order valence-corrected chi connectivity index (χ4v) is 2.50. The van der Waals surface area contributed by atoms with Crippen molar-refractivity contribution in [1.82, 2.24) is 16.0 Å². The van der Waals surface area contributed by atoms with Gasteiger partial charge >= 0.3 is 6.03 Å². The number of piperidine rings is 1. The van der Waals surface area contributed by atoms with Crippen LogP contribution in [-0.2, 0) is 4.74 Å². The molecule has 98 valence electrons. The summed E-state index contributed by atoms with van der Waals surface area (Å²) in [4.78, 5) is 11.6. The first kappa shape index (κ1) is 12.6. The van der Waals surface area contributed by atoms with Crippen LogP contribution in [0.25, 0.3) is 0 Å². The molecule has 0 spiro atoms. The highest BCUT2D eigenvalue weighted by Gasteiger charge is 2.20. The quantitative estimate of drug-likeness (QED) is 0.678. The molecule has 0 aromatic carbocycles. The minimum absolute atomic E-state index is 0.0690. The molecule has 2 aliphatic rings. The minimum atomic E-state index is -0.0690. The first-order valence-corrected chi connectivity index (χ1v) is 6.62. The van der Waals surface area contributed by atoms with Crippen LogP contribution in [-0.4, -0.2) is 43.9 Å². The van der Waals surface area contributed by atoms with Gasteiger partial charge in [-0.15, -0.1) is 0 Å². The minimum Gasteiger partial charge on any atom is -0.379 e. The molecule has 17 heavy (non-hydrogen) atoms. The van der Waals surface area contributed by atoms with Gasteiger partial charge in [0.25, 0.3) is 0 Å². The summed E-state index contributed by atoms with van der Waals surface area (Å²) in [5.41, 5.74) is 0. The number of hydrogen-bond acceptors (Lipinski definition) is 3. The molecule has 2 saturated heterocycles. The van der Waals surface area contributed by atoms with Gasteiger partial charge in [0.2, 0.25) is 0 Å². The van der Waals surface area contributed by atoms with Gasteiger partial charge < -0.3 is 20.7 Å². The molecule has 2 fully saturated rings. The molecular weight excluding hydrogens is 218 g/mol. The third kappa shape index (κ3) is 4.16. The lowest BCUT2D eigenvalue weighted by atomic mass is 10.00. The zero-order valence-corrected chi connectivity index (χ0v) is 10.5. The van der Waals surface area contributed by atoms with Crippen molar-refractivity contribution in [3.8, 4) is 0 Å². The predicted molar refractivity (Wildman–Crippen MR) is 66.0 cm³/mol. The largest absolute Gasteiger partial charge is 0.379 e. The van der Waals surface area contributed by atoms with Gasteiger partial charge in [-0.25, -0.2) is 4.79 Å². The van der Waals surface area contributed by atoms with E-state index >= 15 is 0 Å². The van der Waals surface area contributed by atoms with Crippen molar-refractivity contribution in [3.05, 3.63) is 0 Å². The third-order valence-electron chi connectivity index (χ3n) is 3.48. The average molecular weight is 241 g/mol. The maximum atomic E-state index is 11.6. The topological polar surface area (TPSA) is 62.4 Å². The molecule has 0 radical (unpaired) electrons. The van der Waals surface area contributed by atoms with Gasteiger partial charge in [-0.3, -0.25) is 0 Å². The fraction of sp³-hybridized carbons (Fsp3) is 0.917. The van der Waals surface area contributed by atoms with Gasteiger partial charge in [-0.1, -0.05) is 6.42 Å². The van der Waals surface area contributed by atoms with Crippen LogP contribution in [0.3, 0.4) is 0 Å². The van der Waals surface area contributed by atoms with Crippen LogP contribution in [0.15, 0.2) is 0 Å². The number of urea groups is 1. The number of amides is 2. The van der Waals surface area contributed by atoms with Gasteiger partial charge in [0.05, 0.1) is 12.6 Å². The Bertz CT molecular complexity index is 254. The molecule has 0 aliphatic carbocycles. The average Bonchev–Trinajstić information content (AvgIpc) is 2.79. The van der Waals surface area contributed by atoms with E-state index in [4.69, 9.17) is 4.74 Å². The molecule has 3 unspecified atom stereocenters. The van der Waals surface area contributed by atoms with Crippen LogP contribution in [0.2, 0.25) is 0 Å². The van der Waals surface area contributed by atoms with E-state index in [0.717, 1.165) is 19.4 Å². The van der Waals surface area contributed by atoms with E-state index < -0.39 is 0 Å². The molecule has 2 rings (SSSR count). The molecule has 0 aromatic rings. The van der Waals surface area contributed by atoms with Crippen molar-refractivity contribution in [1.29, 1.82) is 0 Å². The second-order valence-corrected chi connectivity index (χ2v) is 5.11. The summed E-state index contributed by atoms with van der Waals surface area (Å²) in [5, 5.41) is 9.36. The van der Waals surface area contributed by atoms with Crippen molar-refractivity contribution in [2.75, 3.05) is 19.8 Å². The molecule has 0 bridgehead atoms. The van der Waals surface area contributed by atoms with Crippen LogP contribution < -0.4 is 16.0 Å². The lowest BCUT2D eigenvalue weighted by Gasteiger charge is -2.29. The Kier molecular flexibility index (Phi) is 4.62. The van der Waals surface area contributed by atoms with E-state index in [2.05, 4.69) is 22.9 Å². The Morgan fingerprint density at radius 2 is 2.29 bits per heavy atom. The Morgan fingerprint density at radius 1 is 1.41 bits per heavy atom. The highest BCUT2D eigenvalue weighted by atomic mass is 16.5. The van der Waals surface area contributed by atoms with Crippen LogP contribution in [0.4, 0.5) is 4.79 Å². The first-order valence-electron chi connectivity index (χ1n) is 6.62. The predicted octanol–water partition coefficient (Wildman–Crippen LogP) is 0.605. The van der Waals surface area contributed by atoms with Gasteiger partial charge in [0, 0.05) is 25.2 Å². The molecule has 3 N–H and O–H groups in total. The van der Waals surface area contributed by atoms with Gasteiger partial charge in [-0.05, 0) is 26.2 Å². The second kappa shape index (κ2) is 6.21. The van der Waals surface area contributed by atoms with Crippen LogP contribution >= 0.6 is 0 Å². The smallest absolute Gasteiger partial charge is 0.315 e. The summed E-state index contributed by atoms with van der Waals surface area (Å²) in [6.45, 7) is 4.31. The lowest BCUT2D eigenvalue weighted by Crippen LogP contribution is -2.50. The Labute approximate surface area is 103 Å². The van der Waals surface area contributed by atoms with Gasteiger partial charge in [0.1, 0.15) is 0 Å². The summed E-state index contributed by atoms with van der Waals surface area (Å²) in [6.07, 6.45) is 4.56. The lowest BCUT2D eigenvalue weighted by molar-refractivity contribution is 0.188. The molecule has 5 heteroatoms. The molecule has 5 nitrogen and oxygen atoms in total. The number of nitrogens with one attached hydrogen (secondary N) is 3. The number of carbonyl (C=O) groups is 1. The van der Waals surface area contributed by atoms with E-state index in [1.807, 2.05) is 0 Å². The molecule has 2 heterocycles. The van der Waals surface area contributed by atoms with Crippen molar-refractivity contribution in [2.24, 2.45) is 0 Å². The summed E-state index contributed by atoms with van der Waals surface area (Å²) in [6, 6.07) is 1.11. The van der Waals surface area contributed by atoms with Crippen molar-refractivity contribution >= 4 is 6.03 Å². The SMILES string of the molecule is CC1CCCC(CNC(=O)NC2CCOC2)N1. The fourth-order valence-electron chi connectivity index (χ4n) is 2.50. The Hall–Kier alpha value is -0.810. The zero-order chi connectivity index (χ0) is 12.1. The van der Waals surface area contributed by atoms with Crippen LogP contribution in [0, 0.1) is 0 Å². The molecule has 2 amide bonds. The van der Waals surface area contributed by atoms with E-state index in [1.165, 1.54) is 12.8 Å². The van der Waals surface area contributed by atoms with Crippen LogP contribution in [0.5, 0.6) is 0 Å². The van der Waals surface area contributed by atoms with E-state index in [1.54, 1.807) is 0 Å². The molecule has 0 aromatic heterocycles. The third-order valence-corrected chi connectivity index (χ3v) is 3.48. The maximum absolute atomic E-state index is 11.6. The van der Waals surface area contributed by atoms with Crippen molar-refractivity contribution in [2.45, 2.75) is 50.7 Å². The number of rotatable bonds is 3. The summed E-state index contributed by atoms with van der Waals surface area (Å²) >= 11 is 0. The van der Waals surface area contributed by atoms with Crippen molar-refractivity contribution < 1.29 is 9.53 Å². The highest BCUT2D eigenvalue weighted by Crippen LogP contribution is 2.11. The second-order valence-electron chi connectivity index (χ2n) is 5.11. The van der Waals surface area contributed by atoms with Crippen LogP contribution in [0.1, 0.15) is 32.6 Å². The number of carbonyl (C=O) groups excluding carboxylic acids is 1. The normalized spacial score (nSPS) is 33.4. The zero-order valence-electron chi connectivity index (χ0n) is 10.5. The maximum Gasteiger partial charge on any atom is 0.315 e. The molecule has 2 aliphatic heterocycles. The highest BCUT2D eigenvalue weighted by molar-refractivity contribution is 5.74. The first-order chi connectivity index (χ1) is 8.24. The number of hydrogen-bond donors (Lipinski definition) is 3. The van der Waals surface area contributed by atoms with E-state index in [0.29, 0.717) is 25.2 Å². The van der Waals surface area contributed by atoms with E-state index in [-0.39, 0.29) is 12.1 Å². The summed E-state index contributed by atoms with van der Waals surface area (Å²) < 4.78 is 5.21. The standard InChI is InChI=1S/C12H23N3O2/c1-9-3-2-4-10(14-9)7-13-12(16)15-11-5-6-17-8-11/h9-11,14H,2-8H2,1H3,(H2,13,15,16). The monoisotopic (exact) mass is 241 g/mol. The summed E-state index contributed by atoms with van der Waals surface area (Å²) in [7, 11) is 0. The Morgan fingerprint density at radius 3 is 3.00 bits per heavy atom. The Balaban J connectivity index is 1.61. The van der Waals surface area contributed by atoms with Crippen molar-refractivity contribution in [3.63, 3.8) is 0 Å². The molecular formula is C12H23N3O2.